The van der Waals surface area contributed by atoms with Gasteiger partial charge in [0.05, 0.1) is 37.3 Å². The van der Waals surface area contributed by atoms with Crippen molar-refractivity contribution in [2.24, 2.45) is 65.0 Å². The average molecular weight is 1320 g/mol. The van der Waals surface area contributed by atoms with Crippen molar-refractivity contribution in [1.29, 1.82) is 0 Å². The van der Waals surface area contributed by atoms with E-state index in [1.165, 1.54) is 37.3 Å². The zero-order chi connectivity index (χ0) is 64.0. The Hall–Kier alpha value is -10.5. The Labute approximate surface area is 550 Å². The third kappa shape index (κ3) is 21.4. The first-order chi connectivity index (χ1) is 43.6. The first-order valence-corrected chi connectivity index (χ1v) is 29.1. The van der Waals surface area contributed by atoms with Gasteiger partial charge in [0.2, 0.25) is 0 Å². The summed E-state index contributed by atoms with van der Waals surface area (Å²) in [6, 6.07) is 43.7. The van der Waals surface area contributed by atoms with Crippen molar-refractivity contribution in [2.75, 3.05) is 0 Å². The second-order valence-corrected chi connectivity index (χ2v) is 20.9. The highest BCUT2D eigenvalue weighted by atomic mass is 32.1. The molecule has 90 heavy (non-hydrogen) atoms. The minimum atomic E-state index is -0.148. The standard InChI is InChI=1S/C60H60N18O6S6/c61-55(85)73-67-25-37-13-1-7-19-49(37)79-31-43-44(32-80-50-20-8-2-14-38(50)26-68-74-56(62)86)46(34-82-52-22-10-4-16-40(52)28-70-76-58(64)88)48(36-84-54-24-12-6-18-42(54)30-72-78-60(66)90)47(35-83-53-23-11-5-17-41(53)29-71-77-59(65)89)45(43)33-81-51-21-9-3-15-39(51)27-69-75-57(63)87/h1-30H,31-36H2,(H3,61,73,85)(H3,62,74,86)(H3,63,75,87)(H3,64,76,88)(H3,65,77,89)(H3,66,78,90)/b67-25+,68-26+,69-27+,70-28+,71-29+,72-30+. The average Bonchev–Trinajstić information content (AvgIpc) is 0.991. The SMILES string of the molecule is NC(=S)N/N=C/c1ccccc1OCc1c(COc2ccccc2/C=N/NC(N)=S)c(COc2ccccc2/C=N/NC(N)=S)c(COc2ccccc2/C=N/NC(N)=S)c(COc2ccccc2/C=N/NC(N)=S)c1COc1ccccc1/C=N/NC(N)=S. The van der Waals surface area contributed by atoms with E-state index in [0.717, 1.165) is 0 Å². The summed E-state index contributed by atoms with van der Waals surface area (Å²) in [5, 5.41) is 25.3. The van der Waals surface area contributed by atoms with Crippen molar-refractivity contribution in [2.45, 2.75) is 39.6 Å². The molecule has 0 heterocycles. The van der Waals surface area contributed by atoms with Gasteiger partial charge in [0.25, 0.3) is 0 Å². The number of hydrazone groups is 6. The number of benzene rings is 7. The van der Waals surface area contributed by atoms with E-state index in [4.69, 9.17) is 136 Å². The lowest BCUT2D eigenvalue weighted by Gasteiger charge is -2.28. The topological polar surface area (TPSA) is 358 Å². The summed E-state index contributed by atoms with van der Waals surface area (Å²) in [6.45, 7) is -0.886. The smallest absolute Gasteiger partial charge is 0.184 e. The molecule has 0 unspecified atom stereocenters. The van der Waals surface area contributed by atoms with E-state index in [9.17, 15) is 0 Å². The summed E-state index contributed by atoms with van der Waals surface area (Å²) >= 11 is 30.3. The number of hydrogen-bond donors (Lipinski definition) is 12. The quantitative estimate of drug-likeness (QED) is 0.0136. The van der Waals surface area contributed by atoms with Gasteiger partial charge in [0.1, 0.15) is 74.1 Å². The van der Waals surface area contributed by atoms with Gasteiger partial charge < -0.3 is 62.8 Å². The molecule has 7 aromatic rings. The van der Waals surface area contributed by atoms with Crippen LogP contribution in [0.25, 0.3) is 0 Å². The highest BCUT2D eigenvalue weighted by molar-refractivity contribution is 7.81. The minimum Gasteiger partial charge on any atom is -0.488 e. The largest absolute Gasteiger partial charge is 0.488 e. The van der Waals surface area contributed by atoms with Crippen LogP contribution < -0.4 is 95.4 Å². The zero-order valence-electron chi connectivity index (χ0n) is 47.6. The summed E-state index contributed by atoms with van der Waals surface area (Å²) in [7, 11) is 0. The lowest BCUT2D eigenvalue weighted by atomic mass is 9.87. The third-order valence-electron chi connectivity index (χ3n) is 12.2. The Bertz CT molecular complexity index is 3250. The normalized spacial score (nSPS) is 11.2. The molecule has 0 radical (unpaired) electrons. The molecule has 0 saturated heterocycles. The Morgan fingerprint density at radius 3 is 0.522 bits per heavy atom. The molecule has 0 spiro atoms. The maximum Gasteiger partial charge on any atom is 0.184 e. The van der Waals surface area contributed by atoms with Crippen LogP contribution in [0.2, 0.25) is 0 Å². The van der Waals surface area contributed by atoms with Gasteiger partial charge in [-0.05, 0) is 146 Å². The van der Waals surface area contributed by atoms with E-state index in [1.54, 1.807) is 36.4 Å². The molecule has 0 atom stereocenters. The molecule has 7 rings (SSSR count). The Morgan fingerprint density at radius 1 is 0.256 bits per heavy atom. The van der Waals surface area contributed by atoms with Crippen LogP contribution >= 0.6 is 73.3 Å². The summed E-state index contributed by atoms with van der Waals surface area (Å²) < 4.78 is 41.8. The molecule has 18 N–H and O–H groups in total. The second kappa shape index (κ2) is 35.3. The van der Waals surface area contributed by atoms with Crippen molar-refractivity contribution in [3.05, 3.63) is 212 Å². The van der Waals surface area contributed by atoms with E-state index < -0.39 is 0 Å². The van der Waals surface area contributed by atoms with E-state index in [2.05, 4.69) is 63.2 Å². The molecule has 24 nitrogen and oxygen atoms in total. The fourth-order valence-corrected chi connectivity index (χ4v) is 8.66. The number of thiocarbonyl (C=S) groups is 6. The van der Waals surface area contributed by atoms with Crippen molar-refractivity contribution in [3.63, 3.8) is 0 Å². The van der Waals surface area contributed by atoms with Gasteiger partial charge >= 0.3 is 0 Å². The molecular weight excluding hydrogens is 1260 g/mol. The number of para-hydroxylation sites is 6. The van der Waals surface area contributed by atoms with Crippen LogP contribution in [-0.4, -0.2) is 68.0 Å². The van der Waals surface area contributed by atoms with Crippen LogP contribution in [0.5, 0.6) is 34.5 Å². The van der Waals surface area contributed by atoms with Gasteiger partial charge in [-0.3, -0.25) is 32.6 Å². The van der Waals surface area contributed by atoms with Crippen molar-refractivity contribution in [1.82, 2.24) is 32.6 Å². The first-order valence-electron chi connectivity index (χ1n) is 26.6. The summed E-state index contributed by atoms with van der Waals surface area (Å²) in [5.74, 6) is 2.54. The number of rotatable bonds is 30. The van der Waals surface area contributed by atoms with E-state index in [1.807, 2.05) is 109 Å². The van der Waals surface area contributed by atoms with Crippen LogP contribution in [-0.2, 0) is 39.6 Å². The van der Waals surface area contributed by atoms with Crippen molar-refractivity contribution < 1.29 is 28.4 Å². The molecular formula is C60H60N18O6S6. The predicted molar refractivity (Wildman–Crippen MR) is 376 cm³/mol. The van der Waals surface area contributed by atoms with Gasteiger partial charge in [-0.2, -0.15) is 30.6 Å². The Morgan fingerprint density at radius 2 is 0.389 bits per heavy atom. The number of nitrogens with zero attached hydrogens (tertiary/aromatic N) is 6. The number of hydrogen-bond acceptors (Lipinski definition) is 18. The van der Waals surface area contributed by atoms with Crippen LogP contribution in [0, 0.1) is 0 Å². The molecule has 0 aliphatic heterocycles. The van der Waals surface area contributed by atoms with Crippen molar-refractivity contribution in [3.8, 4) is 34.5 Å². The molecule has 0 aliphatic carbocycles. The molecule has 0 fully saturated rings. The maximum atomic E-state index is 6.96. The molecule has 0 aromatic heterocycles. The van der Waals surface area contributed by atoms with Crippen LogP contribution in [0.3, 0.4) is 0 Å². The fourth-order valence-electron chi connectivity index (χ4n) is 8.34. The summed E-state index contributed by atoms with van der Waals surface area (Å²) in [6.07, 6.45) is 9.22. The zero-order valence-corrected chi connectivity index (χ0v) is 52.5. The monoisotopic (exact) mass is 1320 g/mol. The van der Waals surface area contributed by atoms with E-state index in [-0.39, 0.29) is 70.3 Å². The van der Waals surface area contributed by atoms with E-state index >= 15 is 0 Å². The highest BCUT2D eigenvalue weighted by Crippen LogP contribution is 2.37. The number of nitrogens with one attached hydrogen (secondary N) is 6. The maximum absolute atomic E-state index is 6.96. The van der Waals surface area contributed by atoms with E-state index in [0.29, 0.717) is 101 Å². The second-order valence-electron chi connectivity index (χ2n) is 18.2. The van der Waals surface area contributed by atoms with Gasteiger partial charge in [-0.25, -0.2) is 0 Å². The predicted octanol–water partition coefficient (Wildman–Crippen LogP) is 6.16. The molecule has 30 heteroatoms. The molecule has 0 aliphatic rings. The first kappa shape index (κ1) is 67.0. The Balaban J connectivity index is 1.57. The summed E-state index contributed by atoms with van der Waals surface area (Å²) in [4.78, 5) is 0. The molecule has 0 saturated carbocycles. The van der Waals surface area contributed by atoms with Gasteiger partial charge in [-0.15, -0.1) is 0 Å². The molecule has 7 aromatic carbocycles. The van der Waals surface area contributed by atoms with Crippen LogP contribution in [0.4, 0.5) is 0 Å². The highest BCUT2D eigenvalue weighted by Gasteiger charge is 2.28. The molecule has 0 amide bonds. The minimum absolute atomic E-state index is 0.0336. The fraction of sp³-hybridized carbons (Fsp3) is 0.100. The van der Waals surface area contributed by atoms with Gasteiger partial charge in [0, 0.05) is 66.8 Å². The van der Waals surface area contributed by atoms with Crippen LogP contribution in [0.15, 0.2) is 176 Å². The van der Waals surface area contributed by atoms with Crippen LogP contribution in [0.1, 0.15) is 66.8 Å². The third-order valence-corrected chi connectivity index (χ3v) is 12.7. The molecule has 0 bridgehead atoms. The lowest BCUT2D eigenvalue weighted by molar-refractivity contribution is 0.248. The van der Waals surface area contributed by atoms with Gasteiger partial charge in [-0.1, -0.05) is 72.8 Å². The van der Waals surface area contributed by atoms with Gasteiger partial charge in [0.15, 0.2) is 30.7 Å². The Kier molecular flexibility index (Phi) is 26.3. The molecule has 462 valence electrons. The van der Waals surface area contributed by atoms with Crippen molar-refractivity contribution >= 4 is 141 Å². The number of nitrogens with two attached hydrogens (primary N) is 6. The number of ether oxygens (including phenoxy) is 6. The summed E-state index contributed by atoms with van der Waals surface area (Å²) in [5.41, 5.74) is 57.1. The lowest BCUT2D eigenvalue weighted by Crippen LogP contribution is -2.24.